The van der Waals surface area contributed by atoms with E-state index < -0.39 is 0 Å². The van der Waals surface area contributed by atoms with Crippen molar-refractivity contribution < 1.29 is 4.79 Å². The molecule has 7 heteroatoms. The molecule has 6 nitrogen and oxygen atoms in total. The van der Waals surface area contributed by atoms with E-state index in [4.69, 9.17) is 16.6 Å². The summed E-state index contributed by atoms with van der Waals surface area (Å²) in [5, 5.41) is 1.55. The van der Waals surface area contributed by atoms with Gasteiger partial charge in [-0.1, -0.05) is 17.7 Å². The molecule has 3 aromatic heterocycles. The summed E-state index contributed by atoms with van der Waals surface area (Å²) in [6.45, 7) is 1.64. The second kappa shape index (κ2) is 7.61. The lowest BCUT2D eigenvalue weighted by Crippen LogP contribution is -2.35. The van der Waals surface area contributed by atoms with E-state index in [0.29, 0.717) is 10.6 Å². The second-order valence-electron chi connectivity index (χ2n) is 7.71. The molecule has 1 N–H and O–H groups in total. The van der Waals surface area contributed by atoms with Crippen LogP contribution < -0.4 is 0 Å². The topological polar surface area (TPSA) is 66.8 Å². The third-order valence-electron chi connectivity index (χ3n) is 5.71. The number of nitrogens with one attached hydrogen (secondary N) is 1. The molecule has 4 aromatic rings. The third kappa shape index (κ3) is 3.27. The number of piperidine rings is 1. The van der Waals surface area contributed by atoms with E-state index in [-0.39, 0.29) is 5.91 Å². The van der Waals surface area contributed by atoms with Gasteiger partial charge >= 0.3 is 0 Å². The van der Waals surface area contributed by atoms with Gasteiger partial charge in [-0.25, -0.2) is 9.97 Å². The number of carbonyl (C=O) groups excluding carboxylic acids is 1. The van der Waals surface area contributed by atoms with Crippen molar-refractivity contribution in [3.05, 3.63) is 59.5 Å². The van der Waals surface area contributed by atoms with Crippen LogP contribution in [0.15, 0.2) is 48.9 Å². The van der Waals surface area contributed by atoms with Gasteiger partial charge in [-0.05, 0) is 43.5 Å². The fourth-order valence-corrected chi connectivity index (χ4v) is 4.42. The number of aromatic nitrogens is 4. The average Bonchev–Trinajstić information content (AvgIpc) is 3.40. The fourth-order valence-electron chi connectivity index (χ4n) is 4.14. The lowest BCUT2D eigenvalue weighted by molar-refractivity contribution is 0.0724. The summed E-state index contributed by atoms with van der Waals surface area (Å²) < 4.78 is 1.99. The molecule has 152 valence electrons. The maximum Gasteiger partial charge on any atom is 0.253 e. The molecule has 0 aliphatic carbocycles. The highest BCUT2D eigenvalue weighted by molar-refractivity contribution is 6.33. The van der Waals surface area contributed by atoms with Gasteiger partial charge in [0.15, 0.2) is 0 Å². The van der Waals surface area contributed by atoms with E-state index in [2.05, 4.69) is 9.97 Å². The summed E-state index contributed by atoms with van der Waals surface area (Å²) in [5.41, 5.74) is 4.05. The minimum atomic E-state index is 0.0523. The van der Waals surface area contributed by atoms with E-state index in [1.807, 2.05) is 53.2 Å². The molecule has 1 saturated heterocycles. The van der Waals surface area contributed by atoms with Crippen LogP contribution in [-0.2, 0) is 7.05 Å². The SMILES string of the molecule is Cn1cc(-c2ccc(C(=O)N3CCCCC3)cc2Cl)nc1-c1ccnc2[nH]ccc12. The van der Waals surface area contributed by atoms with Gasteiger partial charge in [0, 0.05) is 60.8 Å². The number of imidazole rings is 1. The Bertz CT molecular complexity index is 1240. The van der Waals surface area contributed by atoms with Crippen LogP contribution in [0.2, 0.25) is 5.02 Å². The van der Waals surface area contributed by atoms with E-state index >= 15 is 0 Å². The number of benzene rings is 1. The standard InChI is InChI=1S/C23H22ClN5O/c1-28-14-20(27-22(28)17-8-10-26-21-16(17)7-9-25-21)18-6-5-15(13-19(18)24)23(30)29-11-3-2-4-12-29/h5-10,13-14H,2-4,11-12H2,1H3,(H,25,26). The molecule has 1 amide bonds. The first-order valence-corrected chi connectivity index (χ1v) is 10.5. The molecule has 0 bridgehead atoms. The highest BCUT2D eigenvalue weighted by atomic mass is 35.5. The Balaban J connectivity index is 1.49. The van der Waals surface area contributed by atoms with Gasteiger partial charge in [-0.2, -0.15) is 0 Å². The number of aryl methyl sites for hydroxylation is 1. The van der Waals surface area contributed by atoms with Gasteiger partial charge in [0.05, 0.1) is 10.7 Å². The Kier molecular flexibility index (Phi) is 4.79. The first kappa shape index (κ1) is 18.9. The van der Waals surface area contributed by atoms with E-state index in [1.54, 1.807) is 12.3 Å². The second-order valence-corrected chi connectivity index (χ2v) is 8.11. The monoisotopic (exact) mass is 419 g/mol. The molecule has 4 heterocycles. The number of hydrogen-bond acceptors (Lipinski definition) is 3. The summed E-state index contributed by atoms with van der Waals surface area (Å²) in [7, 11) is 1.97. The quantitative estimate of drug-likeness (QED) is 0.513. The minimum absolute atomic E-state index is 0.0523. The first-order valence-electron chi connectivity index (χ1n) is 10.2. The highest BCUT2D eigenvalue weighted by Crippen LogP contribution is 2.32. The summed E-state index contributed by atoms with van der Waals surface area (Å²) in [6, 6.07) is 9.47. The van der Waals surface area contributed by atoms with Crippen LogP contribution in [-0.4, -0.2) is 43.4 Å². The smallest absolute Gasteiger partial charge is 0.253 e. The number of pyridine rings is 1. The zero-order valence-corrected chi connectivity index (χ0v) is 17.5. The lowest BCUT2D eigenvalue weighted by atomic mass is 10.1. The molecule has 30 heavy (non-hydrogen) atoms. The summed E-state index contributed by atoms with van der Waals surface area (Å²) in [5.74, 6) is 0.887. The number of aromatic amines is 1. The van der Waals surface area contributed by atoms with Crippen LogP contribution in [0.4, 0.5) is 0 Å². The third-order valence-corrected chi connectivity index (χ3v) is 6.03. The van der Waals surface area contributed by atoms with Crippen molar-refractivity contribution in [3.8, 4) is 22.6 Å². The summed E-state index contributed by atoms with van der Waals surface area (Å²) >= 11 is 6.60. The summed E-state index contributed by atoms with van der Waals surface area (Å²) in [4.78, 5) is 27.0. The number of hydrogen-bond donors (Lipinski definition) is 1. The number of likely N-dealkylation sites (tertiary alicyclic amines) is 1. The Hall–Kier alpha value is -3.12. The molecule has 0 spiro atoms. The average molecular weight is 420 g/mol. The summed E-state index contributed by atoms with van der Waals surface area (Å²) in [6.07, 6.45) is 8.94. The molecule has 0 atom stereocenters. The Labute approximate surface area is 179 Å². The van der Waals surface area contributed by atoms with Crippen LogP contribution >= 0.6 is 11.6 Å². The normalized spacial score (nSPS) is 14.4. The largest absolute Gasteiger partial charge is 0.346 e. The molecule has 1 aromatic carbocycles. The van der Waals surface area contributed by atoms with Crippen molar-refractivity contribution >= 4 is 28.5 Å². The number of rotatable bonds is 3. The number of fused-ring (bicyclic) bond motifs is 1. The number of amides is 1. The van der Waals surface area contributed by atoms with Crippen molar-refractivity contribution in [2.75, 3.05) is 13.1 Å². The highest BCUT2D eigenvalue weighted by Gasteiger charge is 2.20. The maximum absolute atomic E-state index is 12.8. The number of halogens is 1. The van der Waals surface area contributed by atoms with E-state index in [9.17, 15) is 4.79 Å². The lowest BCUT2D eigenvalue weighted by Gasteiger charge is -2.26. The molecule has 0 radical (unpaired) electrons. The van der Waals surface area contributed by atoms with E-state index in [1.165, 1.54) is 6.42 Å². The zero-order chi connectivity index (χ0) is 20.7. The van der Waals surface area contributed by atoms with Crippen molar-refractivity contribution in [1.82, 2.24) is 24.4 Å². The molecule has 1 aliphatic rings. The van der Waals surface area contributed by atoms with Gasteiger partial charge in [-0.15, -0.1) is 0 Å². The van der Waals surface area contributed by atoms with Gasteiger partial charge < -0.3 is 14.5 Å². The maximum atomic E-state index is 12.8. The number of H-pyrrole nitrogens is 1. The van der Waals surface area contributed by atoms with Crippen LogP contribution in [0.5, 0.6) is 0 Å². The van der Waals surface area contributed by atoms with Crippen molar-refractivity contribution in [2.45, 2.75) is 19.3 Å². The van der Waals surface area contributed by atoms with Gasteiger partial charge in [0.25, 0.3) is 5.91 Å². The molecule has 0 saturated carbocycles. The van der Waals surface area contributed by atoms with E-state index in [0.717, 1.165) is 59.6 Å². The molecule has 5 rings (SSSR count). The Morgan fingerprint density at radius 3 is 2.73 bits per heavy atom. The Morgan fingerprint density at radius 1 is 1.10 bits per heavy atom. The van der Waals surface area contributed by atoms with Crippen LogP contribution in [0.1, 0.15) is 29.6 Å². The fraction of sp³-hybridized carbons (Fsp3) is 0.261. The van der Waals surface area contributed by atoms with Crippen LogP contribution in [0, 0.1) is 0 Å². The zero-order valence-electron chi connectivity index (χ0n) is 16.7. The molecular formula is C23H22ClN5O. The Morgan fingerprint density at radius 2 is 1.93 bits per heavy atom. The molecule has 1 fully saturated rings. The van der Waals surface area contributed by atoms with Crippen molar-refractivity contribution in [3.63, 3.8) is 0 Å². The van der Waals surface area contributed by atoms with Gasteiger partial charge in [0.2, 0.25) is 0 Å². The predicted octanol–water partition coefficient (Wildman–Crippen LogP) is 4.91. The molecule has 1 aliphatic heterocycles. The van der Waals surface area contributed by atoms with Crippen LogP contribution in [0.3, 0.4) is 0 Å². The van der Waals surface area contributed by atoms with Gasteiger partial charge in [0.1, 0.15) is 11.5 Å². The number of carbonyl (C=O) groups is 1. The van der Waals surface area contributed by atoms with Crippen LogP contribution in [0.25, 0.3) is 33.7 Å². The van der Waals surface area contributed by atoms with Crippen molar-refractivity contribution in [2.24, 2.45) is 7.05 Å². The first-order chi connectivity index (χ1) is 14.6. The van der Waals surface area contributed by atoms with Crippen molar-refractivity contribution in [1.29, 1.82) is 0 Å². The predicted molar refractivity (Wildman–Crippen MR) is 118 cm³/mol. The number of nitrogens with zero attached hydrogens (tertiary/aromatic N) is 4. The molecule has 0 unspecified atom stereocenters. The van der Waals surface area contributed by atoms with Gasteiger partial charge in [-0.3, -0.25) is 4.79 Å². The minimum Gasteiger partial charge on any atom is -0.346 e. The molecular weight excluding hydrogens is 398 g/mol.